The highest BCUT2D eigenvalue weighted by Crippen LogP contribution is 2.39. The van der Waals surface area contributed by atoms with Gasteiger partial charge in [0.15, 0.2) is 5.78 Å². The minimum atomic E-state index is 0.0383. The van der Waals surface area contributed by atoms with Gasteiger partial charge in [-0.15, -0.1) is 0 Å². The van der Waals surface area contributed by atoms with Gasteiger partial charge in [-0.05, 0) is 87.6 Å². The number of benzene rings is 2. The third-order valence-electron chi connectivity index (χ3n) is 4.44. The van der Waals surface area contributed by atoms with Crippen LogP contribution in [0.2, 0.25) is 0 Å². The van der Waals surface area contributed by atoms with E-state index >= 15 is 0 Å². The summed E-state index contributed by atoms with van der Waals surface area (Å²) in [6, 6.07) is 11.5. The van der Waals surface area contributed by atoms with Crippen LogP contribution in [0.1, 0.15) is 28.8 Å². The van der Waals surface area contributed by atoms with Crippen LogP contribution in [0, 0.1) is 0 Å². The number of hydrogen-bond donors (Lipinski definition) is 2. The van der Waals surface area contributed by atoms with Gasteiger partial charge in [0, 0.05) is 11.1 Å². The molecular formula is C21H26N2O3. The highest BCUT2D eigenvalue weighted by Gasteiger charge is 2.27. The number of nitrogens with one attached hydrogen (secondary N) is 2. The standard InChI is InChI=1S/C21H26N2O3/c1-22-9-3-11-25-15-5-7-17-18-8-6-16(26-12-4-10-23-2)14-20(18)21(24)19(17)13-15/h5-8,13-14,22-23H,3-4,9-12H2,1-2H3. The second-order valence-corrected chi connectivity index (χ2v) is 6.36. The topological polar surface area (TPSA) is 59.6 Å². The molecule has 0 saturated carbocycles. The molecule has 138 valence electrons. The van der Waals surface area contributed by atoms with Crippen LogP contribution in [0.25, 0.3) is 11.1 Å². The highest BCUT2D eigenvalue weighted by atomic mass is 16.5. The van der Waals surface area contributed by atoms with Crippen molar-refractivity contribution in [1.82, 2.24) is 10.6 Å². The largest absolute Gasteiger partial charge is 0.494 e. The van der Waals surface area contributed by atoms with Crippen LogP contribution in [-0.4, -0.2) is 46.2 Å². The number of ether oxygens (including phenoxy) is 2. The Hall–Kier alpha value is -2.37. The predicted octanol–water partition coefficient (Wildman–Crippen LogP) is 2.87. The van der Waals surface area contributed by atoms with Crippen LogP contribution >= 0.6 is 0 Å². The number of hydrogen-bond acceptors (Lipinski definition) is 5. The van der Waals surface area contributed by atoms with E-state index in [2.05, 4.69) is 10.6 Å². The van der Waals surface area contributed by atoms with Crippen molar-refractivity contribution in [2.45, 2.75) is 12.8 Å². The molecule has 26 heavy (non-hydrogen) atoms. The minimum absolute atomic E-state index is 0.0383. The molecule has 0 radical (unpaired) electrons. The first kappa shape index (κ1) is 18.4. The lowest BCUT2D eigenvalue weighted by atomic mass is 10.1. The van der Waals surface area contributed by atoms with Crippen LogP contribution in [0.15, 0.2) is 36.4 Å². The summed E-state index contributed by atoms with van der Waals surface area (Å²) in [4.78, 5) is 12.8. The van der Waals surface area contributed by atoms with Gasteiger partial charge in [-0.1, -0.05) is 0 Å². The van der Waals surface area contributed by atoms with E-state index in [1.54, 1.807) is 0 Å². The van der Waals surface area contributed by atoms with E-state index in [0.717, 1.165) is 48.6 Å². The molecule has 0 atom stereocenters. The van der Waals surface area contributed by atoms with E-state index in [4.69, 9.17) is 9.47 Å². The van der Waals surface area contributed by atoms with Crippen molar-refractivity contribution in [1.29, 1.82) is 0 Å². The zero-order chi connectivity index (χ0) is 18.4. The van der Waals surface area contributed by atoms with Crippen molar-refractivity contribution in [3.05, 3.63) is 47.5 Å². The van der Waals surface area contributed by atoms with E-state index in [1.807, 2.05) is 50.5 Å². The van der Waals surface area contributed by atoms with Crippen molar-refractivity contribution in [3.63, 3.8) is 0 Å². The minimum Gasteiger partial charge on any atom is -0.494 e. The summed E-state index contributed by atoms with van der Waals surface area (Å²) in [5.74, 6) is 1.52. The van der Waals surface area contributed by atoms with Crippen molar-refractivity contribution in [2.24, 2.45) is 0 Å². The Morgan fingerprint density at radius 2 is 1.19 bits per heavy atom. The second kappa shape index (κ2) is 8.83. The maximum atomic E-state index is 12.8. The number of carbonyl (C=O) groups excluding carboxylic acids is 1. The summed E-state index contributed by atoms with van der Waals surface area (Å²) >= 11 is 0. The molecule has 2 N–H and O–H groups in total. The molecule has 0 bridgehead atoms. The van der Waals surface area contributed by atoms with E-state index < -0.39 is 0 Å². The SMILES string of the molecule is CNCCCOc1ccc2c(c1)C(=O)c1cc(OCCCNC)ccc1-2. The molecule has 1 aliphatic carbocycles. The Morgan fingerprint density at radius 3 is 1.62 bits per heavy atom. The Bertz CT molecular complexity index is 710. The molecule has 0 aliphatic heterocycles. The fourth-order valence-electron chi connectivity index (χ4n) is 3.09. The lowest BCUT2D eigenvalue weighted by Gasteiger charge is -2.08. The third-order valence-corrected chi connectivity index (χ3v) is 4.44. The van der Waals surface area contributed by atoms with Crippen molar-refractivity contribution in [3.8, 4) is 22.6 Å². The molecule has 0 aromatic heterocycles. The van der Waals surface area contributed by atoms with Gasteiger partial charge in [-0.2, -0.15) is 0 Å². The van der Waals surface area contributed by atoms with Gasteiger partial charge in [-0.25, -0.2) is 0 Å². The van der Waals surface area contributed by atoms with Crippen molar-refractivity contribution >= 4 is 5.78 Å². The first-order valence-corrected chi connectivity index (χ1v) is 9.12. The highest BCUT2D eigenvalue weighted by molar-refractivity contribution is 6.22. The van der Waals surface area contributed by atoms with E-state index in [-0.39, 0.29) is 5.78 Å². The smallest absolute Gasteiger partial charge is 0.194 e. The molecular weight excluding hydrogens is 328 g/mol. The van der Waals surface area contributed by atoms with Crippen molar-refractivity contribution in [2.75, 3.05) is 40.4 Å². The van der Waals surface area contributed by atoms with Gasteiger partial charge < -0.3 is 20.1 Å². The average molecular weight is 354 g/mol. The Kier molecular flexibility index (Phi) is 6.26. The van der Waals surface area contributed by atoms with Gasteiger partial charge in [0.05, 0.1) is 13.2 Å². The number of carbonyl (C=O) groups is 1. The zero-order valence-corrected chi connectivity index (χ0v) is 15.4. The maximum absolute atomic E-state index is 12.8. The quantitative estimate of drug-likeness (QED) is 0.548. The zero-order valence-electron chi connectivity index (χ0n) is 15.4. The van der Waals surface area contributed by atoms with Crippen LogP contribution in [0.3, 0.4) is 0 Å². The summed E-state index contributed by atoms with van der Waals surface area (Å²) in [6.07, 6.45) is 1.85. The van der Waals surface area contributed by atoms with Gasteiger partial charge in [0.1, 0.15) is 11.5 Å². The average Bonchev–Trinajstić information content (AvgIpc) is 2.94. The number of ketones is 1. The Labute approximate surface area is 154 Å². The Balaban J connectivity index is 1.71. The summed E-state index contributed by atoms with van der Waals surface area (Å²) in [5, 5.41) is 6.18. The molecule has 5 nitrogen and oxygen atoms in total. The molecule has 0 heterocycles. The molecule has 3 rings (SSSR count). The van der Waals surface area contributed by atoms with Gasteiger partial charge >= 0.3 is 0 Å². The van der Waals surface area contributed by atoms with E-state index in [9.17, 15) is 4.79 Å². The molecule has 0 spiro atoms. The second-order valence-electron chi connectivity index (χ2n) is 6.36. The van der Waals surface area contributed by atoms with Crippen LogP contribution in [0.4, 0.5) is 0 Å². The summed E-state index contributed by atoms with van der Waals surface area (Å²) in [7, 11) is 3.84. The third kappa shape index (κ3) is 4.06. The summed E-state index contributed by atoms with van der Waals surface area (Å²) in [5.41, 5.74) is 3.35. The van der Waals surface area contributed by atoms with E-state index in [0.29, 0.717) is 24.3 Å². The first-order chi connectivity index (χ1) is 12.7. The lowest BCUT2D eigenvalue weighted by Crippen LogP contribution is -2.11. The van der Waals surface area contributed by atoms with Crippen molar-refractivity contribution < 1.29 is 14.3 Å². The summed E-state index contributed by atoms with van der Waals surface area (Å²) < 4.78 is 11.5. The molecule has 1 aliphatic rings. The normalized spacial score (nSPS) is 12.0. The molecule has 0 saturated heterocycles. The van der Waals surface area contributed by atoms with Gasteiger partial charge in [0.25, 0.3) is 0 Å². The van der Waals surface area contributed by atoms with Gasteiger partial charge in [-0.3, -0.25) is 4.79 Å². The molecule has 0 amide bonds. The predicted molar refractivity (Wildman–Crippen MR) is 103 cm³/mol. The van der Waals surface area contributed by atoms with Crippen LogP contribution in [-0.2, 0) is 0 Å². The van der Waals surface area contributed by atoms with Crippen LogP contribution < -0.4 is 20.1 Å². The number of fused-ring (bicyclic) bond motifs is 3. The molecule has 2 aromatic carbocycles. The maximum Gasteiger partial charge on any atom is 0.194 e. The molecule has 2 aromatic rings. The van der Waals surface area contributed by atoms with E-state index in [1.165, 1.54) is 0 Å². The Morgan fingerprint density at radius 1 is 0.731 bits per heavy atom. The van der Waals surface area contributed by atoms with Gasteiger partial charge in [0.2, 0.25) is 0 Å². The first-order valence-electron chi connectivity index (χ1n) is 9.12. The summed E-state index contributed by atoms with van der Waals surface area (Å²) in [6.45, 7) is 3.08. The van der Waals surface area contributed by atoms with Crippen LogP contribution in [0.5, 0.6) is 11.5 Å². The monoisotopic (exact) mass is 354 g/mol. The molecule has 0 unspecified atom stereocenters. The molecule has 5 heteroatoms. The molecule has 0 fully saturated rings. The fourth-order valence-corrected chi connectivity index (χ4v) is 3.09. The number of rotatable bonds is 10. The fraction of sp³-hybridized carbons (Fsp3) is 0.381. The lowest BCUT2D eigenvalue weighted by molar-refractivity contribution is 0.104.